The normalized spacial score (nSPS) is 15.2. The van der Waals surface area contributed by atoms with Crippen molar-refractivity contribution in [1.82, 2.24) is 24.5 Å². The summed E-state index contributed by atoms with van der Waals surface area (Å²) in [5.41, 5.74) is 2.90. The molecule has 7 nitrogen and oxygen atoms in total. The first-order valence-electron chi connectivity index (χ1n) is 9.28. The third-order valence-electron chi connectivity index (χ3n) is 5.32. The van der Waals surface area contributed by atoms with Crippen molar-refractivity contribution in [3.63, 3.8) is 0 Å². The average Bonchev–Trinajstić information content (AvgIpc) is 3.28. The molecule has 0 unspecified atom stereocenters. The Labute approximate surface area is 169 Å². The number of rotatable bonds is 3. The molecule has 9 heteroatoms. The summed E-state index contributed by atoms with van der Waals surface area (Å²) >= 11 is 6.08. The highest BCUT2D eigenvalue weighted by Gasteiger charge is 2.23. The van der Waals surface area contributed by atoms with E-state index in [1.165, 1.54) is 12.4 Å². The predicted molar refractivity (Wildman–Crippen MR) is 107 cm³/mol. The third kappa shape index (κ3) is 3.00. The van der Waals surface area contributed by atoms with Crippen molar-refractivity contribution in [3.8, 4) is 11.4 Å². The van der Waals surface area contributed by atoms with Gasteiger partial charge in [-0.2, -0.15) is 0 Å². The molecule has 0 fully saturated rings. The van der Waals surface area contributed by atoms with Crippen LogP contribution in [0.5, 0.6) is 0 Å². The highest BCUT2D eigenvalue weighted by atomic mass is 35.5. The number of nitrogens with one attached hydrogen (secondary N) is 1. The van der Waals surface area contributed by atoms with Crippen molar-refractivity contribution >= 4 is 39.4 Å². The van der Waals surface area contributed by atoms with Crippen LogP contribution in [-0.2, 0) is 0 Å². The molecular weight excluding hydrogens is 397 g/mol. The summed E-state index contributed by atoms with van der Waals surface area (Å²) in [6, 6.07) is 1.77. The molecular formula is C20H17ClFN5O2. The predicted octanol–water partition coefficient (Wildman–Crippen LogP) is 3.86. The number of aromatic nitrogens is 5. The van der Waals surface area contributed by atoms with Crippen LogP contribution in [-0.4, -0.2) is 41.0 Å². The Kier molecular flexibility index (Phi) is 4.34. The number of pyridine rings is 1. The summed E-state index contributed by atoms with van der Waals surface area (Å²) in [7, 11) is 0. The van der Waals surface area contributed by atoms with E-state index in [9.17, 15) is 14.6 Å². The van der Waals surface area contributed by atoms with Crippen LogP contribution in [0.3, 0.4) is 0 Å². The van der Waals surface area contributed by atoms with Gasteiger partial charge in [0.1, 0.15) is 5.65 Å². The van der Waals surface area contributed by atoms with Gasteiger partial charge in [0.05, 0.1) is 10.4 Å². The quantitative estimate of drug-likeness (QED) is 0.443. The first-order chi connectivity index (χ1) is 14.0. The van der Waals surface area contributed by atoms with E-state index in [1.807, 2.05) is 0 Å². The minimum absolute atomic E-state index is 0.273. The van der Waals surface area contributed by atoms with Crippen LogP contribution in [0.2, 0.25) is 5.02 Å². The summed E-state index contributed by atoms with van der Waals surface area (Å²) in [5, 5.41) is 21.1. The van der Waals surface area contributed by atoms with Gasteiger partial charge in [0.15, 0.2) is 23.6 Å². The second kappa shape index (κ2) is 6.91. The van der Waals surface area contributed by atoms with Crippen molar-refractivity contribution in [2.75, 3.05) is 0 Å². The van der Waals surface area contributed by atoms with E-state index >= 15 is 0 Å². The van der Waals surface area contributed by atoms with Crippen LogP contribution < -0.4 is 0 Å². The van der Waals surface area contributed by atoms with Gasteiger partial charge < -0.3 is 19.8 Å². The maximum Gasteiger partial charge on any atom is 0.176 e. The van der Waals surface area contributed by atoms with Crippen LogP contribution in [0, 0.1) is 5.82 Å². The molecule has 0 amide bonds. The molecule has 0 saturated carbocycles. The monoisotopic (exact) mass is 413 g/mol. The topological polar surface area (TPSA) is 99.8 Å². The Hall–Kier alpha value is -2.81. The molecule has 3 N–H and O–H groups in total. The lowest BCUT2D eigenvalue weighted by molar-refractivity contribution is -0.0109. The van der Waals surface area contributed by atoms with Crippen LogP contribution in [0.25, 0.3) is 39.2 Å². The Bertz CT molecular complexity index is 1280. The molecule has 1 aliphatic carbocycles. The molecule has 0 saturated heterocycles. The van der Waals surface area contributed by atoms with Gasteiger partial charge in [-0.15, -0.1) is 0 Å². The van der Waals surface area contributed by atoms with Crippen LogP contribution in [0.1, 0.15) is 25.7 Å². The number of hydrogen-bond acceptors (Lipinski definition) is 5. The van der Waals surface area contributed by atoms with E-state index in [2.05, 4.69) is 19.9 Å². The number of allylic oxidation sites excluding steroid dienone is 1. The Morgan fingerprint density at radius 2 is 1.97 bits per heavy atom. The van der Waals surface area contributed by atoms with Crippen LogP contribution >= 0.6 is 11.6 Å². The molecule has 0 radical (unpaired) electrons. The van der Waals surface area contributed by atoms with E-state index in [1.54, 1.807) is 23.0 Å². The molecule has 29 heavy (non-hydrogen) atoms. The average molecular weight is 414 g/mol. The fourth-order valence-corrected chi connectivity index (χ4v) is 4.09. The first-order valence-corrected chi connectivity index (χ1v) is 9.66. The smallest absolute Gasteiger partial charge is 0.176 e. The number of aromatic amines is 1. The lowest BCUT2D eigenvalue weighted by Gasteiger charge is -2.22. The molecule has 0 bridgehead atoms. The standard InChI is InChI=1S/C20H17ClFN5O2/c21-10-5-12-13(7-24-17(12)23-6-10)18-25-8-14-15(22)9-27(19(14)26-18)16-4-2-1-3-11(16)20(28)29/h5-9,20,28-29H,1-4H2,(H,23,24). The number of aliphatic hydroxyl groups excluding tert-OH is 1. The fraction of sp³-hybridized carbons (Fsp3) is 0.250. The SMILES string of the molecule is OC(O)C1=C(n2cc(F)c3cnc(-c4c[nH]c5ncc(Cl)cc45)nc32)CCCC1. The molecule has 0 aromatic carbocycles. The molecule has 5 rings (SSSR count). The summed E-state index contributed by atoms with van der Waals surface area (Å²) in [5.74, 6) is -0.0605. The van der Waals surface area contributed by atoms with E-state index in [0.717, 1.165) is 18.2 Å². The maximum absolute atomic E-state index is 14.6. The van der Waals surface area contributed by atoms with Crippen molar-refractivity contribution < 1.29 is 14.6 Å². The zero-order valence-electron chi connectivity index (χ0n) is 15.2. The largest absolute Gasteiger partial charge is 0.365 e. The Morgan fingerprint density at radius 3 is 2.79 bits per heavy atom. The Morgan fingerprint density at radius 1 is 1.14 bits per heavy atom. The van der Waals surface area contributed by atoms with E-state index < -0.39 is 12.1 Å². The molecule has 0 aliphatic heterocycles. The van der Waals surface area contributed by atoms with Gasteiger partial charge in [0.25, 0.3) is 0 Å². The van der Waals surface area contributed by atoms with Gasteiger partial charge in [-0.1, -0.05) is 11.6 Å². The van der Waals surface area contributed by atoms with Gasteiger partial charge in [0, 0.05) is 47.0 Å². The summed E-state index contributed by atoms with van der Waals surface area (Å²) in [6.45, 7) is 0. The Balaban J connectivity index is 1.73. The highest BCUT2D eigenvalue weighted by Crippen LogP contribution is 2.34. The van der Waals surface area contributed by atoms with Gasteiger partial charge in [0.2, 0.25) is 0 Å². The molecule has 0 atom stereocenters. The molecule has 1 aliphatic rings. The van der Waals surface area contributed by atoms with Crippen LogP contribution in [0.4, 0.5) is 4.39 Å². The number of fused-ring (bicyclic) bond motifs is 2. The maximum atomic E-state index is 14.6. The zero-order valence-corrected chi connectivity index (χ0v) is 16.0. The van der Waals surface area contributed by atoms with Crippen molar-refractivity contribution in [2.45, 2.75) is 32.0 Å². The number of nitrogens with zero attached hydrogens (tertiary/aromatic N) is 4. The van der Waals surface area contributed by atoms with Gasteiger partial charge in [-0.05, 0) is 31.7 Å². The molecule has 4 heterocycles. The van der Waals surface area contributed by atoms with E-state index in [4.69, 9.17) is 11.6 Å². The highest BCUT2D eigenvalue weighted by molar-refractivity contribution is 6.31. The molecule has 148 valence electrons. The molecule has 4 aromatic heterocycles. The number of aliphatic hydroxyl groups is 2. The van der Waals surface area contributed by atoms with Gasteiger partial charge in [-0.3, -0.25) is 0 Å². The van der Waals surface area contributed by atoms with Crippen molar-refractivity contribution in [1.29, 1.82) is 0 Å². The summed E-state index contributed by atoms with van der Waals surface area (Å²) in [6.07, 6.45) is 7.40. The number of H-pyrrole nitrogens is 1. The lowest BCUT2D eigenvalue weighted by atomic mass is 9.95. The van der Waals surface area contributed by atoms with Crippen molar-refractivity contribution in [2.24, 2.45) is 0 Å². The second-order valence-corrected chi connectivity index (χ2v) is 7.52. The third-order valence-corrected chi connectivity index (χ3v) is 5.52. The van der Waals surface area contributed by atoms with E-state index in [-0.39, 0.29) is 5.39 Å². The fourth-order valence-electron chi connectivity index (χ4n) is 3.93. The minimum Gasteiger partial charge on any atom is -0.365 e. The molecule has 0 spiro atoms. The first kappa shape index (κ1) is 18.2. The summed E-state index contributed by atoms with van der Waals surface area (Å²) < 4.78 is 16.2. The van der Waals surface area contributed by atoms with Gasteiger partial charge in [-0.25, -0.2) is 19.3 Å². The number of halogens is 2. The van der Waals surface area contributed by atoms with E-state index in [0.29, 0.717) is 51.8 Å². The zero-order chi connectivity index (χ0) is 20.1. The van der Waals surface area contributed by atoms with Gasteiger partial charge >= 0.3 is 0 Å². The second-order valence-electron chi connectivity index (χ2n) is 7.08. The van der Waals surface area contributed by atoms with Crippen molar-refractivity contribution in [3.05, 3.63) is 47.3 Å². The number of hydrogen-bond donors (Lipinski definition) is 3. The molecule has 4 aromatic rings. The lowest BCUT2D eigenvalue weighted by Crippen LogP contribution is -2.16. The summed E-state index contributed by atoms with van der Waals surface area (Å²) in [4.78, 5) is 16.2. The van der Waals surface area contributed by atoms with Crippen LogP contribution in [0.15, 0.2) is 36.4 Å². The minimum atomic E-state index is -1.58.